The van der Waals surface area contributed by atoms with E-state index in [2.05, 4.69) is 10.3 Å². The number of likely N-dealkylation sites (N-methyl/N-ethyl adjacent to an activating group) is 1. The third kappa shape index (κ3) is 5.73. The molecule has 0 bridgehead atoms. The van der Waals surface area contributed by atoms with Crippen molar-refractivity contribution in [1.29, 1.82) is 0 Å². The number of fused-ring (bicyclic) bond motifs is 1. The number of hydrogen-bond acceptors (Lipinski definition) is 8. The van der Waals surface area contributed by atoms with E-state index in [1.54, 1.807) is 40.2 Å². The molecule has 0 unspecified atom stereocenters. The Hall–Kier alpha value is -1.86. The maximum atomic E-state index is 12.9. The summed E-state index contributed by atoms with van der Waals surface area (Å²) in [7, 11) is -2.11. The maximum Gasteiger partial charge on any atom is 0.252 e. The first kappa shape index (κ1) is 24.8. The number of nitrogens with zero attached hydrogens (tertiary/aromatic N) is 5. The van der Waals surface area contributed by atoms with Crippen molar-refractivity contribution in [3.05, 3.63) is 29.4 Å². The number of aliphatic hydroxyl groups is 1. The highest BCUT2D eigenvalue weighted by Crippen LogP contribution is 2.23. The zero-order valence-electron chi connectivity index (χ0n) is 18.6. The van der Waals surface area contributed by atoms with Crippen LogP contribution in [0.15, 0.2) is 27.9 Å². The SMILES string of the molecule is C[C@@H]1CN([C@@H](C)CO)C(=O)CCCn2nncc2CO[C@H]1CN(C)S(=O)(=O)c1cccs1. The van der Waals surface area contributed by atoms with Crippen LogP contribution < -0.4 is 0 Å². The summed E-state index contributed by atoms with van der Waals surface area (Å²) in [5, 5.41) is 19.4. The largest absolute Gasteiger partial charge is 0.394 e. The lowest BCUT2D eigenvalue weighted by atomic mass is 10.0. The molecule has 3 rings (SSSR count). The zero-order valence-corrected chi connectivity index (χ0v) is 20.3. The minimum Gasteiger partial charge on any atom is -0.394 e. The van der Waals surface area contributed by atoms with Crippen LogP contribution in [0.4, 0.5) is 0 Å². The number of sulfonamides is 1. The van der Waals surface area contributed by atoms with Gasteiger partial charge in [0, 0.05) is 39.0 Å². The lowest BCUT2D eigenvalue weighted by molar-refractivity contribution is -0.136. The van der Waals surface area contributed by atoms with Gasteiger partial charge in [-0.15, -0.1) is 16.4 Å². The molecular formula is C20H31N5O5S2. The van der Waals surface area contributed by atoms with Crippen LogP contribution in [0, 0.1) is 5.92 Å². The van der Waals surface area contributed by atoms with E-state index in [1.165, 1.54) is 22.7 Å². The summed E-state index contributed by atoms with van der Waals surface area (Å²) in [5.74, 6) is -0.239. The van der Waals surface area contributed by atoms with Crippen molar-refractivity contribution >= 4 is 27.3 Å². The Bertz CT molecular complexity index is 978. The Balaban J connectivity index is 1.86. The van der Waals surface area contributed by atoms with E-state index >= 15 is 0 Å². The van der Waals surface area contributed by atoms with E-state index in [0.717, 1.165) is 5.69 Å². The van der Waals surface area contributed by atoms with Crippen LogP contribution in [0.25, 0.3) is 0 Å². The molecule has 32 heavy (non-hydrogen) atoms. The van der Waals surface area contributed by atoms with Gasteiger partial charge in [-0.1, -0.05) is 18.2 Å². The lowest BCUT2D eigenvalue weighted by Gasteiger charge is -2.35. The molecule has 1 aliphatic heterocycles. The van der Waals surface area contributed by atoms with Gasteiger partial charge in [-0.05, 0) is 24.8 Å². The molecule has 2 aromatic rings. The molecule has 0 aromatic carbocycles. The van der Waals surface area contributed by atoms with Crippen molar-refractivity contribution in [2.24, 2.45) is 5.92 Å². The number of amides is 1. The highest BCUT2D eigenvalue weighted by Gasteiger charge is 2.31. The van der Waals surface area contributed by atoms with Crippen LogP contribution in [0.5, 0.6) is 0 Å². The quantitative estimate of drug-likeness (QED) is 0.653. The lowest BCUT2D eigenvalue weighted by Crippen LogP contribution is -2.47. The molecule has 178 valence electrons. The Kier molecular flexibility index (Phi) is 8.39. The number of aromatic nitrogens is 3. The van der Waals surface area contributed by atoms with Crippen molar-refractivity contribution in [2.75, 3.05) is 26.7 Å². The van der Waals surface area contributed by atoms with Crippen molar-refractivity contribution in [3.8, 4) is 0 Å². The molecule has 1 aliphatic rings. The summed E-state index contributed by atoms with van der Waals surface area (Å²) < 4.78 is 35.3. The van der Waals surface area contributed by atoms with Crippen LogP contribution in [-0.2, 0) is 32.7 Å². The van der Waals surface area contributed by atoms with Crippen molar-refractivity contribution in [1.82, 2.24) is 24.2 Å². The summed E-state index contributed by atoms with van der Waals surface area (Å²) in [6.07, 6.45) is 2.07. The minimum absolute atomic E-state index is 0.0565. The van der Waals surface area contributed by atoms with Crippen molar-refractivity contribution in [3.63, 3.8) is 0 Å². The topological polar surface area (TPSA) is 118 Å². The van der Waals surface area contributed by atoms with Gasteiger partial charge >= 0.3 is 0 Å². The number of aliphatic hydroxyl groups excluding tert-OH is 1. The van der Waals surface area contributed by atoms with Gasteiger partial charge < -0.3 is 14.7 Å². The maximum absolute atomic E-state index is 12.9. The summed E-state index contributed by atoms with van der Waals surface area (Å²) in [6.45, 7) is 4.83. The molecule has 2 aromatic heterocycles. The molecule has 0 saturated heterocycles. The number of thiophene rings is 1. The third-order valence-electron chi connectivity index (χ3n) is 5.74. The predicted octanol–water partition coefficient (Wildman–Crippen LogP) is 1.18. The van der Waals surface area contributed by atoms with Gasteiger partial charge in [0.2, 0.25) is 5.91 Å². The molecule has 0 saturated carbocycles. The summed E-state index contributed by atoms with van der Waals surface area (Å²) >= 11 is 1.17. The summed E-state index contributed by atoms with van der Waals surface area (Å²) in [5.41, 5.74) is 0.777. The van der Waals surface area contributed by atoms with Gasteiger partial charge in [0.05, 0.1) is 37.3 Å². The average Bonchev–Trinajstić information content (AvgIpc) is 3.45. The summed E-state index contributed by atoms with van der Waals surface area (Å²) in [4.78, 5) is 14.6. The Morgan fingerprint density at radius 3 is 2.91 bits per heavy atom. The van der Waals surface area contributed by atoms with Gasteiger partial charge in [-0.3, -0.25) is 4.79 Å². The second kappa shape index (κ2) is 10.8. The Morgan fingerprint density at radius 2 is 2.22 bits per heavy atom. The van der Waals surface area contributed by atoms with Crippen molar-refractivity contribution < 1.29 is 23.1 Å². The van der Waals surface area contributed by atoms with E-state index in [0.29, 0.717) is 25.9 Å². The molecule has 10 nitrogen and oxygen atoms in total. The fourth-order valence-electron chi connectivity index (χ4n) is 3.66. The first-order valence-corrected chi connectivity index (χ1v) is 12.9. The fraction of sp³-hybridized carbons (Fsp3) is 0.650. The number of aryl methyl sites for hydroxylation is 1. The van der Waals surface area contributed by atoms with Gasteiger partial charge in [0.15, 0.2) is 0 Å². The third-order valence-corrected chi connectivity index (χ3v) is 8.93. The predicted molar refractivity (Wildman–Crippen MR) is 119 cm³/mol. The Morgan fingerprint density at radius 1 is 1.44 bits per heavy atom. The Labute approximate surface area is 192 Å². The van der Waals surface area contributed by atoms with E-state index in [1.807, 2.05) is 6.92 Å². The van der Waals surface area contributed by atoms with E-state index in [-0.39, 0.29) is 41.8 Å². The van der Waals surface area contributed by atoms with E-state index in [9.17, 15) is 18.3 Å². The molecule has 1 N–H and O–H groups in total. The number of rotatable bonds is 6. The van der Waals surface area contributed by atoms with E-state index in [4.69, 9.17) is 4.74 Å². The second-order valence-corrected chi connectivity index (χ2v) is 11.4. The first-order chi connectivity index (χ1) is 15.2. The van der Waals surface area contributed by atoms with Crippen LogP contribution in [0.2, 0.25) is 0 Å². The number of carbonyl (C=O) groups is 1. The van der Waals surface area contributed by atoms with Gasteiger partial charge in [0.1, 0.15) is 4.21 Å². The number of carbonyl (C=O) groups excluding carboxylic acids is 1. The van der Waals surface area contributed by atoms with Gasteiger partial charge in [-0.2, -0.15) is 4.31 Å². The molecule has 3 atom stereocenters. The molecule has 12 heteroatoms. The molecule has 1 amide bonds. The molecule has 3 heterocycles. The molecule has 0 fully saturated rings. The molecule has 0 spiro atoms. The van der Waals surface area contributed by atoms with Crippen LogP contribution >= 0.6 is 11.3 Å². The monoisotopic (exact) mass is 485 g/mol. The fourth-order valence-corrected chi connectivity index (χ4v) is 6.05. The van der Waals surface area contributed by atoms with Crippen LogP contribution in [-0.4, -0.2) is 82.5 Å². The highest BCUT2D eigenvalue weighted by atomic mass is 32.2. The molecule has 0 radical (unpaired) electrons. The average molecular weight is 486 g/mol. The van der Waals surface area contributed by atoms with E-state index < -0.39 is 16.1 Å². The normalized spacial score (nSPS) is 22.3. The van der Waals surface area contributed by atoms with Gasteiger partial charge in [-0.25, -0.2) is 13.1 Å². The standard InChI is InChI=1S/C20H31N5O5S2/c1-15-11-24(16(2)13-26)19(27)6-4-8-25-17(10-21-22-25)14-30-18(15)12-23(3)32(28,29)20-7-5-9-31-20/h5,7,9-10,15-16,18,26H,4,6,8,11-14H2,1-3H3/t15-,16+,18+/m1/s1. The van der Waals surface area contributed by atoms with Crippen LogP contribution in [0.1, 0.15) is 32.4 Å². The first-order valence-electron chi connectivity index (χ1n) is 10.6. The summed E-state index contributed by atoms with van der Waals surface area (Å²) in [6, 6.07) is 2.94. The van der Waals surface area contributed by atoms with Crippen LogP contribution in [0.3, 0.4) is 0 Å². The number of ether oxygens (including phenoxy) is 1. The minimum atomic E-state index is -3.64. The smallest absolute Gasteiger partial charge is 0.252 e. The van der Waals surface area contributed by atoms with Crippen molar-refractivity contribution in [2.45, 2.75) is 56.2 Å². The molecular weight excluding hydrogens is 454 g/mol. The molecule has 0 aliphatic carbocycles. The number of hydrogen-bond donors (Lipinski definition) is 1. The zero-order chi connectivity index (χ0) is 23.3. The highest BCUT2D eigenvalue weighted by molar-refractivity contribution is 7.91. The second-order valence-electron chi connectivity index (χ2n) is 8.17. The van der Waals surface area contributed by atoms with Gasteiger partial charge in [0.25, 0.3) is 10.0 Å².